The number of hydrogen-bond acceptors (Lipinski definition) is 4. The van der Waals surface area contributed by atoms with Gasteiger partial charge in [-0.2, -0.15) is 0 Å². The second-order valence-electron chi connectivity index (χ2n) is 6.29. The number of carbonyl (C=O) groups excluding carboxylic acids is 1. The van der Waals surface area contributed by atoms with Gasteiger partial charge < -0.3 is 10.4 Å². The number of rotatable bonds is 10. The van der Waals surface area contributed by atoms with Crippen molar-refractivity contribution in [1.82, 2.24) is 10.0 Å². The lowest BCUT2D eigenvalue weighted by molar-refractivity contribution is -0.142. The molecule has 1 rings (SSSR count). The first kappa shape index (κ1) is 21.1. The smallest absolute Gasteiger partial charge is 0.326 e. The number of benzene rings is 1. The molecule has 0 bridgehead atoms. The van der Waals surface area contributed by atoms with Crippen LogP contribution in [0.25, 0.3) is 0 Å². The van der Waals surface area contributed by atoms with Crippen LogP contribution in [0.15, 0.2) is 30.3 Å². The van der Waals surface area contributed by atoms with E-state index in [9.17, 15) is 23.1 Å². The average molecular weight is 370 g/mol. The first-order valence-electron chi connectivity index (χ1n) is 8.21. The minimum atomic E-state index is -3.58. The second kappa shape index (κ2) is 9.53. The molecule has 8 heteroatoms. The Bertz CT molecular complexity index is 674. The van der Waals surface area contributed by atoms with Crippen LogP contribution >= 0.6 is 0 Å². The van der Waals surface area contributed by atoms with Gasteiger partial charge in [-0.3, -0.25) is 4.79 Å². The Morgan fingerprint density at radius 1 is 1.12 bits per heavy atom. The van der Waals surface area contributed by atoms with E-state index in [1.165, 1.54) is 6.92 Å². The van der Waals surface area contributed by atoms with Crippen molar-refractivity contribution in [3.05, 3.63) is 35.9 Å². The molecule has 1 amide bonds. The van der Waals surface area contributed by atoms with Crippen molar-refractivity contribution in [3.63, 3.8) is 0 Å². The summed E-state index contributed by atoms with van der Waals surface area (Å²) in [7, 11) is -3.58. The molecular weight excluding hydrogens is 344 g/mol. The molecule has 0 saturated heterocycles. The first-order valence-corrected chi connectivity index (χ1v) is 9.87. The molecule has 25 heavy (non-hydrogen) atoms. The van der Waals surface area contributed by atoms with E-state index >= 15 is 0 Å². The minimum Gasteiger partial charge on any atom is -0.480 e. The van der Waals surface area contributed by atoms with Crippen LogP contribution < -0.4 is 10.0 Å². The highest BCUT2D eigenvalue weighted by molar-refractivity contribution is 7.89. The van der Waals surface area contributed by atoms with E-state index in [-0.39, 0.29) is 24.5 Å². The van der Waals surface area contributed by atoms with Gasteiger partial charge in [0.15, 0.2) is 0 Å². The molecule has 7 nitrogen and oxygen atoms in total. The van der Waals surface area contributed by atoms with Gasteiger partial charge in [-0.1, -0.05) is 44.2 Å². The summed E-state index contributed by atoms with van der Waals surface area (Å²) in [6, 6.07) is 6.80. The van der Waals surface area contributed by atoms with E-state index in [0.29, 0.717) is 0 Å². The number of nitrogens with one attached hydrogen (secondary N) is 2. The molecule has 3 N–H and O–H groups in total. The monoisotopic (exact) mass is 370 g/mol. The van der Waals surface area contributed by atoms with Crippen LogP contribution in [0.5, 0.6) is 0 Å². The van der Waals surface area contributed by atoms with E-state index in [1.807, 2.05) is 19.9 Å². The number of carbonyl (C=O) groups is 2. The summed E-state index contributed by atoms with van der Waals surface area (Å²) in [5.41, 5.74) is 0.768. The molecule has 1 aromatic rings. The van der Waals surface area contributed by atoms with E-state index < -0.39 is 34.0 Å². The summed E-state index contributed by atoms with van der Waals surface area (Å²) < 4.78 is 25.9. The Balaban J connectivity index is 2.88. The highest BCUT2D eigenvalue weighted by atomic mass is 32.2. The van der Waals surface area contributed by atoms with Crippen molar-refractivity contribution in [2.75, 3.05) is 5.75 Å². The van der Waals surface area contributed by atoms with Gasteiger partial charge in [-0.05, 0) is 24.8 Å². The van der Waals surface area contributed by atoms with Crippen molar-refractivity contribution in [2.24, 2.45) is 5.92 Å². The van der Waals surface area contributed by atoms with Crippen LogP contribution in [0.3, 0.4) is 0 Å². The van der Waals surface area contributed by atoms with Gasteiger partial charge in [0.05, 0.1) is 5.75 Å². The first-order chi connectivity index (χ1) is 11.6. The fraction of sp³-hybridized carbons (Fsp3) is 0.529. The Morgan fingerprint density at radius 3 is 2.20 bits per heavy atom. The number of sulfonamides is 1. The van der Waals surface area contributed by atoms with Crippen LogP contribution in [-0.4, -0.2) is 43.2 Å². The highest BCUT2D eigenvalue weighted by Gasteiger charge is 2.28. The lowest BCUT2D eigenvalue weighted by atomic mass is 10.0. The molecular formula is C17H26N2O5S. The van der Waals surface area contributed by atoms with Crippen LogP contribution in [0.2, 0.25) is 0 Å². The predicted octanol–water partition coefficient (Wildman–Crippen LogP) is 1.15. The minimum absolute atomic E-state index is 0.0627. The third-order valence-corrected chi connectivity index (χ3v) is 5.03. The Labute approximate surface area is 148 Å². The average Bonchev–Trinajstić information content (AvgIpc) is 2.53. The summed E-state index contributed by atoms with van der Waals surface area (Å²) in [5.74, 6) is -1.89. The fourth-order valence-corrected chi connectivity index (χ4v) is 3.11. The number of hydrogen-bond donors (Lipinski definition) is 3. The summed E-state index contributed by atoms with van der Waals surface area (Å²) in [5, 5.41) is 11.8. The lowest BCUT2D eigenvalue weighted by Gasteiger charge is -2.22. The number of aliphatic carboxylic acids is 1. The van der Waals surface area contributed by atoms with E-state index in [0.717, 1.165) is 5.56 Å². The summed E-state index contributed by atoms with van der Waals surface area (Å²) >= 11 is 0. The Hall–Kier alpha value is -1.93. The van der Waals surface area contributed by atoms with Crippen LogP contribution in [0, 0.1) is 5.92 Å². The molecule has 140 valence electrons. The molecule has 0 fully saturated rings. The van der Waals surface area contributed by atoms with Crippen LogP contribution in [0.4, 0.5) is 0 Å². The van der Waals surface area contributed by atoms with Gasteiger partial charge in [-0.25, -0.2) is 17.9 Å². The van der Waals surface area contributed by atoms with E-state index in [2.05, 4.69) is 10.0 Å². The van der Waals surface area contributed by atoms with Gasteiger partial charge in [0.1, 0.15) is 12.1 Å². The Morgan fingerprint density at radius 2 is 1.72 bits per heavy atom. The third kappa shape index (κ3) is 7.66. The molecule has 0 unspecified atom stereocenters. The molecule has 2 atom stereocenters. The molecule has 0 saturated carbocycles. The van der Waals surface area contributed by atoms with Crippen molar-refractivity contribution in [3.8, 4) is 0 Å². The predicted molar refractivity (Wildman–Crippen MR) is 95.6 cm³/mol. The van der Waals surface area contributed by atoms with Crippen molar-refractivity contribution >= 4 is 21.9 Å². The highest BCUT2D eigenvalue weighted by Crippen LogP contribution is 2.09. The van der Waals surface area contributed by atoms with Crippen molar-refractivity contribution in [1.29, 1.82) is 0 Å². The van der Waals surface area contributed by atoms with Crippen molar-refractivity contribution < 1.29 is 23.1 Å². The molecule has 0 spiro atoms. The largest absolute Gasteiger partial charge is 0.480 e. The summed E-state index contributed by atoms with van der Waals surface area (Å²) in [6.07, 6.45) is 0.402. The normalized spacial score (nSPS) is 14.1. The fourth-order valence-electron chi connectivity index (χ4n) is 2.30. The summed E-state index contributed by atoms with van der Waals surface area (Å²) in [4.78, 5) is 23.9. The molecule has 0 aliphatic carbocycles. The van der Waals surface area contributed by atoms with Crippen LogP contribution in [0.1, 0.15) is 32.8 Å². The van der Waals surface area contributed by atoms with Gasteiger partial charge in [-0.15, -0.1) is 0 Å². The molecule has 1 aromatic carbocycles. The SMILES string of the molecule is CCS(=O)(=O)N[C@@H](CC(C)C)C(=O)N[C@@H](Cc1ccccc1)C(=O)O. The van der Waals surface area contributed by atoms with Gasteiger partial charge >= 0.3 is 5.97 Å². The number of carboxylic acids is 1. The molecule has 0 heterocycles. The van der Waals surface area contributed by atoms with E-state index in [4.69, 9.17) is 0 Å². The Kier molecular flexibility index (Phi) is 8.05. The maximum atomic E-state index is 12.5. The standard InChI is InChI=1S/C17H26N2O5S/c1-4-25(23,24)19-14(10-12(2)3)16(20)18-15(17(21)22)11-13-8-6-5-7-9-13/h5-9,12,14-15,19H,4,10-11H2,1-3H3,(H,18,20)(H,21,22)/t14-,15-/m0/s1. The number of carboxylic acid groups (broad SMARTS) is 1. The van der Waals surface area contributed by atoms with Gasteiger partial charge in [0, 0.05) is 6.42 Å². The zero-order chi connectivity index (χ0) is 19.0. The topological polar surface area (TPSA) is 113 Å². The molecule has 0 aliphatic heterocycles. The second-order valence-corrected chi connectivity index (χ2v) is 8.34. The molecule has 0 aliphatic rings. The lowest BCUT2D eigenvalue weighted by Crippen LogP contribution is -2.52. The van der Waals surface area contributed by atoms with E-state index in [1.54, 1.807) is 24.3 Å². The van der Waals surface area contributed by atoms with Gasteiger partial charge in [0.25, 0.3) is 0 Å². The third-order valence-electron chi connectivity index (χ3n) is 3.62. The quantitative estimate of drug-likeness (QED) is 0.572. The maximum Gasteiger partial charge on any atom is 0.326 e. The molecule has 0 radical (unpaired) electrons. The zero-order valence-corrected chi connectivity index (χ0v) is 15.5. The number of amides is 1. The zero-order valence-electron chi connectivity index (χ0n) is 14.7. The van der Waals surface area contributed by atoms with Gasteiger partial charge in [0.2, 0.25) is 15.9 Å². The van der Waals surface area contributed by atoms with Crippen LogP contribution in [-0.2, 0) is 26.0 Å². The van der Waals surface area contributed by atoms with Crippen molar-refractivity contribution in [2.45, 2.75) is 45.7 Å². The maximum absolute atomic E-state index is 12.5. The molecule has 0 aromatic heterocycles. The summed E-state index contributed by atoms with van der Waals surface area (Å²) in [6.45, 7) is 5.19.